The molecule has 3 aromatic rings. The number of amides is 1. The first-order valence-electron chi connectivity index (χ1n) is 7.54. The summed E-state index contributed by atoms with van der Waals surface area (Å²) in [5.41, 5.74) is 1.31. The monoisotopic (exact) mass is 305 g/mol. The maximum atomic E-state index is 12.2. The van der Waals surface area contributed by atoms with Crippen molar-refractivity contribution >= 4 is 11.7 Å². The molecule has 6 heteroatoms. The van der Waals surface area contributed by atoms with E-state index < -0.39 is 0 Å². The summed E-state index contributed by atoms with van der Waals surface area (Å²) in [5, 5.41) is 11.0. The minimum atomic E-state index is -0.182. The molecule has 0 radical (unpaired) electrons. The molecule has 0 bridgehead atoms. The Labute approximate surface area is 133 Å². The predicted octanol–water partition coefficient (Wildman–Crippen LogP) is 2.93. The molecule has 1 aliphatic carbocycles. The number of aromatic nitrogens is 4. The van der Waals surface area contributed by atoms with E-state index in [1.54, 1.807) is 24.5 Å². The molecule has 0 saturated heterocycles. The summed E-state index contributed by atoms with van der Waals surface area (Å²) >= 11 is 0. The third kappa shape index (κ3) is 2.83. The van der Waals surface area contributed by atoms with E-state index in [2.05, 4.69) is 20.5 Å². The molecule has 2 aromatic heterocycles. The van der Waals surface area contributed by atoms with Gasteiger partial charge in [-0.15, -0.1) is 10.2 Å². The fraction of sp³-hybridized carbons (Fsp3) is 0.176. The minimum Gasteiger partial charge on any atom is -0.309 e. The van der Waals surface area contributed by atoms with Gasteiger partial charge in [0.05, 0.1) is 0 Å². The van der Waals surface area contributed by atoms with Crippen molar-refractivity contribution in [3.63, 3.8) is 0 Å². The standard InChI is InChI=1S/C17H15N5O/c23-17(12-5-2-1-3-6-12)20-15-8-4-7-14(19-15)16-21-18-11-22(16)13-9-10-13/h1-8,11,13H,9-10H2,(H,19,20,23). The molecule has 1 fully saturated rings. The van der Waals surface area contributed by atoms with Crippen LogP contribution in [0, 0.1) is 0 Å². The van der Waals surface area contributed by atoms with Crippen LogP contribution in [0.5, 0.6) is 0 Å². The smallest absolute Gasteiger partial charge is 0.256 e. The van der Waals surface area contributed by atoms with Gasteiger partial charge >= 0.3 is 0 Å². The highest BCUT2D eigenvalue weighted by atomic mass is 16.1. The lowest BCUT2D eigenvalue weighted by atomic mass is 10.2. The van der Waals surface area contributed by atoms with Crippen molar-refractivity contribution in [2.45, 2.75) is 18.9 Å². The Kier molecular flexibility index (Phi) is 3.34. The van der Waals surface area contributed by atoms with Gasteiger partial charge in [0.2, 0.25) is 0 Å². The van der Waals surface area contributed by atoms with Crippen LogP contribution in [0.1, 0.15) is 29.2 Å². The quantitative estimate of drug-likeness (QED) is 0.804. The molecular formula is C17H15N5O. The highest BCUT2D eigenvalue weighted by Crippen LogP contribution is 2.37. The van der Waals surface area contributed by atoms with Crippen LogP contribution in [-0.4, -0.2) is 25.7 Å². The maximum Gasteiger partial charge on any atom is 0.256 e. The van der Waals surface area contributed by atoms with Crippen LogP contribution in [-0.2, 0) is 0 Å². The number of hydrogen-bond donors (Lipinski definition) is 1. The summed E-state index contributed by atoms with van der Waals surface area (Å²) in [7, 11) is 0. The molecule has 2 heterocycles. The molecule has 0 aliphatic heterocycles. The topological polar surface area (TPSA) is 72.7 Å². The van der Waals surface area contributed by atoms with Crippen molar-refractivity contribution in [1.29, 1.82) is 0 Å². The molecule has 0 atom stereocenters. The SMILES string of the molecule is O=C(Nc1cccc(-c2nncn2C2CC2)n1)c1ccccc1. The van der Waals surface area contributed by atoms with Crippen molar-refractivity contribution in [3.05, 3.63) is 60.4 Å². The lowest BCUT2D eigenvalue weighted by molar-refractivity contribution is 0.102. The van der Waals surface area contributed by atoms with Crippen molar-refractivity contribution in [1.82, 2.24) is 19.7 Å². The number of nitrogens with one attached hydrogen (secondary N) is 1. The molecule has 0 spiro atoms. The van der Waals surface area contributed by atoms with E-state index in [-0.39, 0.29) is 5.91 Å². The normalized spacial score (nSPS) is 13.7. The number of anilines is 1. The summed E-state index contributed by atoms with van der Waals surface area (Å²) < 4.78 is 2.05. The fourth-order valence-corrected chi connectivity index (χ4v) is 2.45. The summed E-state index contributed by atoms with van der Waals surface area (Å²) in [6, 6.07) is 15.0. The van der Waals surface area contributed by atoms with Gasteiger partial charge in [0.15, 0.2) is 5.82 Å². The molecule has 1 N–H and O–H groups in total. The van der Waals surface area contributed by atoms with E-state index in [0.717, 1.165) is 18.7 Å². The van der Waals surface area contributed by atoms with E-state index in [9.17, 15) is 4.79 Å². The van der Waals surface area contributed by atoms with Crippen LogP contribution < -0.4 is 5.32 Å². The van der Waals surface area contributed by atoms with Crippen molar-refractivity contribution < 1.29 is 4.79 Å². The average molecular weight is 305 g/mol. The molecule has 114 valence electrons. The van der Waals surface area contributed by atoms with Gasteiger partial charge in [-0.05, 0) is 37.1 Å². The second kappa shape index (κ2) is 5.64. The Morgan fingerprint density at radius 2 is 1.91 bits per heavy atom. The first kappa shape index (κ1) is 13.6. The highest BCUT2D eigenvalue weighted by molar-refractivity contribution is 6.03. The van der Waals surface area contributed by atoms with Gasteiger partial charge in [-0.1, -0.05) is 24.3 Å². The third-order valence-corrected chi connectivity index (χ3v) is 3.77. The van der Waals surface area contributed by atoms with E-state index in [1.807, 2.05) is 34.9 Å². The zero-order valence-electron chi connectivity index (χ0n) is 12.4. The minimum absolute atomic E-state index is 0.182. The number of nitrogens with zero attached hydrogens (tertiary/aromatic N) is 4. The second-order valence-electron chi connectivity index (χ2n) is 5.52. The number of benzene rings is 1. The summed E-state index contributed by atoms with van der Waals surface area (Å²) in [6.45, 7) is 0. The van der Waals surface area contributed by atoms with Crippen LogP contribution in [0.25, 0.3) is 11.5 Å². The number of carbonyl (C=O) groups is 1. The van der Waals surface area contributed by atoms with Crippen LogP contribution in [0.4, 0.5) is 5.82 Å². The number of rotatable bonds is 4. The van der Waals surface area contributed by atoms with E-state index in [1.165, 1.54) is 0 Å². The molecule has 1 aromatic carbocycles. The largest absolute Gasteiger partial charge is 0.309 e. The Morgan fingerprint density at radius 3 is 2.70 bits per heavy atom. The lowest BCUT2D eigenvalue weighted by Gasteiger charge is -2.07. The first-order chi connectivity index (χ1) is 11.3. The molecule has 0 unspecified atom stereocenters. The Balaban J connectivity index is 1.59. The molecular weight excluding hydrogens is 290 g/mol. The predicted molar refractivity (Wildman–Crippen MR) is 85.9 cm³/mol. The van der Waals surface area contributed by atoms with Gasteiger partial charge in [-0.2, -0.15) is 0 Å². The van der Waals surface area contributed by atoms with Crippen molar-refractivity contribution in [2.24, 2.45) is 0 Å². The van der Waals surface area contributed by atoms with Gasteiger partial charge < -0.3 is 9.88 Å². The molecule has 6 nitrogen and oxygen atoms in total. The third-order valence-electron chi connectivity index (χ3n) is 3.77. The van der Waals surface area contributed by atoms with E-state index in [0.29, 0.717) is 23.1 Å². The zero-order valence-corrected chi connectivity index (χ0v) is 12.4. The van der Waals surface area contributed by atoms with Crippen LogP contribution in [0.2, 0.25) is 0 Å². The zero-order chi connectivity index (χ0) is 15.6. The number of hydrogen-bond acceptors (Lipinski definition) is 4. The molecule has 1 saturated carbocycles. The fourth-order valence-electron chi connectivity index (χ4n) is 2.45. The van der Waals surface area contributed by atoms with Crippen molar-refractivity contribution in [3.8, 4) is 11.5 Å². The number of pyridine rings is 1. The molecule has 1 amide bonds. The van der Waals surface area contributed by atoms with Gasteiger partial charge in [-0.3, -0.25) is 4.79 Å². The second-order valence-corrected chi connectivity index (χ2v) is 5.52. The average Bonchev–Trinajstić information content (AvgIpc) is 3.32. The van der Waals surface area contributed by atoms with Gasteiger partial charge in [0.1, 0.15) is 17.8 Å². The van der Waals surface area contributed by atoms with Crippen LogP contribution >= 0.6 is 0 Å². The Hall–Kier alpha value is -3.02. The molecule has 1 aliphatic rings. The highest BCUT2D eigenvalue weighted by Gasteiger charge is 2.27. The molecule has 23 heavy (non-hydrogen) atoms. The van der Waals surface area contributed by atoms with Gasteiger partial charge in [0.25, 0.3) is 5.91 Å². The lowest BCUT2D eigenvalue weighted by Crippen LogP contribution is -2.13. The van der Waals surface area contributed by atoms with Crippen LogP contribution in [0.3, 0.4) is 0 Å². The Morgan fingerprint density at radius 1 is 1.09 bits per heavy atom. The van der Waals surface area contributed by atoms with Gasteiger partial charge in [0, 0.05) is 11.6 Å². The first-order valence-corrected chi connectivity index (χ1v) is 7.54. The van der Waals surface area contributed by atoms with Crippen molar-refractivity contribution in [2.75, 3.05) is 5.32 Å². The van der Waals surface area contributed by atoms with Gasteiger partial charge in [-0.25, -0.2) is 4.98 Å². The molecule has 4 rings (SSSR count). The summed E-state index contributed by atoms with van der Waals surface area (Å²) in [6.07, 6.45) is 4.04. The van der Waals surface area contributed by atoms with E-state index >= 15 is 0 Å². The van der Waals surface area contributed by atoms with E-state index in [4.69, 9.17) is 0 Å². The maximum absolute atomic E-state index is 12.2. The summed E-state index contributed by atoms with van der Waals surface area (Å²) in [5.74, 6) is 1.06. The summed E-state index contributed by atoms with van der Waals surface area (Å²) in [4.78, 5) is 16.7. The Bertz CT molecular complexity index is 839. The van der Waals surface area contributed by atoms with Crippen LogP contribution in [0.15, 0.2) is 54.9 Å². The number of carbonyl (C=O) groups excluding carboxylic acids is 1.